The van der Waals surface area contributed by atoms with Gasteiger partial charge in [-0.2, -0.15) is 0 Å². The average molecular weight is 294 g/mol. The van der Waals surface area contributed by atoms with Crippen LogP contribution >= 0.6 is 0 Å². The van der Waals surface area contributed by atoms with Gasteiger partial charge in [-0.15, -0.1) is 0 Å². The number of nitrogens with one attached hydrogen (secondary N) is 2. The van der Waals surface area contributed by atoms with Gasteiger partial charge in [0.05, 0.1) is 18.2 Å². The Morgan fingerprint density at radius 1 is 1.38 bits per heavy atom. The Labute approximate surface area is 121 Å². The minimum absolute atomic E-state index is 0.0604. The van der Waals surface area contributed by atoms with Gasteiger partial charge in [-0.3, -0.25) is 4.79 Å². The van der Waals surface area contributed by atoms with E-state index in [9.17, 15) is 13.6 Å². The number of halogens is 2. The van der Waals surface area contributed by atoms with Crippen molar-refractivity contribution in [3.05, 3.63) is 41.5 Å². The number of carbonyl (C=O) groups is 1. The molecular weight excluding hydrogens is 278 g/mol. The van der Waals surface area contributed by atoms with E-state index in [0.29, 0.717) is 6.61 Å². The maximum atomic E-state index is 13.4. The lowest BCUT2D eigenvalue weighted by Crippen LogP contribution is -2.59. The summed E-state index contributed by atoms with van der Waals surface area (Å²) in [7, 11) is 0. The molecule has 1 atom stereocenters. The summed E-state index contributed by atoms with van der Waals surface area (Å²) < 4.78 is 32.5. The zero-order valence-electron chi connectivity index (χ0n) is 11.4. The van der Waals surface area contributed by atoms with Crippen molar-refractivity contribution >= 4 is 12.0 Å². The molecular formula is C15H16F2N2O2. The number of rotatable bonds is 3. The third-order valence-electron chi connectivity index (χ3n) is 3.85. The molecule has 21 heavy (non-hydrogen) atoms. The lowest BCUT2D eigenvalue weighted by atomic mass is 9.92. The van der Waals surface area contributed by atoms with Crippen molar-refractivity contribution in [2.24, 2.45) is 0 Å². The molecule has 1 unspecified atom stereocenters. The summed E-state index contributed by atoms with van der Waals surface area (Å²) in [6, 6.07) is 3.52. The molecule has 0 aliphatic carbocycles. The Hall–Kier alpha value is -1.79. The van der Waals surface area contributed by atoms with Crippen molar-refractivity contribution in [1.29, 1.82) is 0 Å². The quantitative estimate of drug-likeness (QED) is 0.824. The molecule has 2 heterocycles. The molecule has 112 valence electrons. The molecule has 2 saturated heterocycles. The number of hydrogen-bond donors (Lipinski definition) is 2. The number of ether oxygens (including phenoxy) is 1. The number of benzene rings is 1. The van der Waals surface area contributed by atoms with Gasteiger partial charge in [0.25, 0.3) is 0 Å². The van der Waals surface area contributed by atoms with E-state index in [4.69, 9.17) is 4.74 Å². The highest BCUT2D eigenvalue weighted by atomic mass is 19.1. The molecule has 1 amide bonds. The smallest absolute Gasteiger partial charge is 0.244 e. The maximum Gasteiger partial charge on any atom is 0.244 e. The molecule has 0 bridgehead atoms. The molecule has 2 fully saturated rings. The van der Waals surface area contributed by atoms with E-state index in [2.05, 4.69) is 10.6 Å². The molecule has 2 N–H and O–H groups in total. The van der Waals surface area contributed by atoms with Crippen LogP contribution < -0.4 is 10.6 Å². The van der Waals surface area contributed by atoms with Crippen LogP contribution in [0.5, 0.6) is 0 Å². The van der Waals surface area contributed by atoms with E-state index in [1.165, 1.54) is 6.07 Å². The predicted octanol–water partition coefficient (Wildman–Crippen LogP) is 1.23. The first-order chi connectivity index (χ1) is 10.1. The van der Waals surface area contributed by atoms with Gasteiger partial charge < -0.3 is 15.4 Å². The SMILES string of the molecule is O=C(/C=C/c1c(F)cccc1F)NC1COC2(CNC2)C1. The van der Waals surface area contributed by atoms with Crippen molar-refractivity contribution in [3.8, 4) is 0 Å². The number of hydrogen-bond acceptors (Lipinski definition) is 3. The van der Waals surface area contributed by atoms with Gasteiger partial charge >= 0.3 is 0 Å². The highest BCUT2D eigenvalue weighted by Crippen LogP contribution is 2.29. The van der Waals surface area contributed by atoms with Crippen molar-refractivity contribution in [2.45, 2.75) is 18.1 Å². The fourth-order valence-corrected chi connectivity index (χ4v) is 2.67. The molecule has 1 aromatic carbocycles. The molecule has 1 spiro atoms. The third kappa shape index (κ3) is 2.96. The van der Waals surface area contributed by atoms with Crippen LogP contribution in [0.1, 0.15) is 12.0 Å². The second kappa shape index (κ2) is 5.54. The minimum Gasteiger partial charge on any atom is -0.370 e. The standard InChI is InChI=1S/C15H16F2N2O2/c16-12-2-1-3-13(17)11(12)4-5-14(20)19-10-6-15(21-7-10)8-18-9-15/h1-5,10,18H,6-9H2,(H,19,20)/b5-4+. The monoisotopic (exact) mass is 294 g/mol. The van der Waals surface area contributed by atoms with Crippen molar-refractivity contribution < 1.29 is 18.3 Å². The van der Waals surface area contributed by atoms with Gasteiger partial charge in [-0.25, -0.2) is 8.78 Å². The largest absolute Gasteiger partial charge is 0.370 e. The zero-order chi connectivity index (χ0) is 14.9. The van der Waals surface area contributed by atoms with Gasteiger partial charge in [-0.05, 0) is 18.2 Å². The van der Waals surface area contributed by atoms with Gasteiger partial charge in [0, 0.05) is 31.1 Å². The van der Waals surface area contributed by atoms with Crippen LogP contribution in [0, 0.1) is 11.6 Å². The van der Waals surface area contributed by atoms with Crippen LogP contribution in [0.25, 0.3) is 6.08 Å². The number of carbonyl (C=O) groups excluding carboxylic acids is 1. The first kappa shape index (κ1) is 14.2. The lowest BCUT2D eigenvalue weighted by Gasteiger charge is -2.38. The Kier molecular flexibility index (Phi) is 3.73. The van der Waals surface area contributed by atoms with E-state index < -0.39 is 11.6 Å². The summed E-state index contributed by atoms with van der Waals surface area (Å²) in [6.07, 6.45) is 3.05. The summed E-state index contributed by atoms with van der Waals surface area (Å²) >= 11 is 0. The summed E-state index contributed by atoms with van der Waals surface area (Å²) in [6.45, 7) is 2.07. The van der Waals surface area contributed by atoms with Crippen LogP contribution in [-0.4, -0.2) is 37.2 Å². The predicted molar refractivity (Wildman–Crippen MR) is 73.5 cm³/mol. The molecule has 3 rings (SSSR count). The number of amides is 1. The van der Waals surface area contributed by atoms with Crippen LogP contribution in [0.2, 0.25) is 0 Å². The van der Waals surface area contributed by atoms with Gasteiger partial charge in [-0.1, -0.05) is 6.07 Å². The molecule has 0 radical (unpaired) electrons. The van der Waals surface area contributed by atoms with Crippen molar-refractivity contribution in [1.82, 2.24) is 10.6 Å². The Bertz CT molecular complexity index is 565. The second-order valence-corrected chi connectivity index (χ2v) is 5.48. The topological polar surface area (TPSA) is 50.4 Å². The molecule has 4 nitrogen and oxygen atoms in total. The maximum absolute atomic E-state index is 13.4. The highest BCUT2D eigenvalue weighted by Gasteiger charge is 2.45. The Morgan fingerprint density at radius 3 is 2.67 bits per heavy atom. The van der Waals surface area contributed by atoms with E-state index >= 15 is 0 Å². The van der Waals surface area contributed by atoms with E-state index in [0.717, 1.165) is 43.8 Å². The first-order valence-corrected chi connectivity index (χ1v) is 6.85. The summed E-state index contributed by atoms with van der Waals surface area (Å²) in [4.78, 5) is 11.8. The normalized spacial score (nSPS) is 23.4. The fourth-order valence-electron chi connectivity index (χ4n) is 2.67. The van der Waals surface area contributed by atoms with Crippen LogP contribution in [0.15, 0.2) is 24.3 Å². The fraction of sp³-hybridized carbons (Fsp3) is 0.400. The van der Waals surface area contributed by atoms with Crippen LogP contribution in [-0.2, 0) is 9.53 Å². The van der Waals surface area contributed by atoms with E-state index in [-0.39, 0.29) is 23.1 Å². The Morgan fingerprint density at radius 2 is 2.10 bits per heavy atom. The zero-order valence-corrected chi connectivity index (χ0v) is 11.4. The summed E-state index contributed by atoms with van der Waals surface area (Å²) in [5, 5.41) is 5.93. The van der Waals surface area contributed by atoms with Crippen LogP contribution in [0.3, 0.4) is 0 Å². The highest BCUT2D eigenvalue weighted by molar-refractivity contribution is 5.92. The van der Waals surface area contributed by atoms with E-state index in [1.807, 2.05) is 0 Å². The first-order valence-electron chi connectivity index (χ1n) is 6.85. The van der Waals surface area contributed by atoms with Gasteiger partial charge in [0.2, 0.25) is 5.91 Å². The van der Waals surface area contributed by atoms with E-state index in [1.54, 1.807) is 0 Å². The minimum atomic E-state index is -0.692. The second-order valence-electron chi connectivity index (χ2n) is 5.48. The Balaban J connectivity index is 1.58. The molecule has 2 aliphatic rings. The third-order valence-corrected chi connectivity index (χ3v) is 3.85. The molecule has 2 aliphatic heterocycles. The summed E-state index contributed by atoms with van der Waals surface area (Å²) in [5.41, 5.74) is -0.353. The van der Waals surface area contributed by atoms with Gasteiger partial charge in [0.15, 0.2) is 0 Å². The summed E-state index contributed by atoms with van der Waals surface area (Å²) in [5.74, 6) is -1.76. The molecule has 1 aromatic rings. The molecule has 6 heteroatoms. The van der Waals surface area contributed by atoms with Gasteiger partial charge in [0.1, 0.15) is 11.6 Å². The van der Waals surface area contributed by atoms with Crippen LogP contribution in [0.4, 0.5) is 8.78 Å². The lowest BCUT2D eigenvalue weighted by molar-refractivity contribution is -0.117. The van der Waals surface area contributed by atoms with Crippen molar-refractivity contribution in [2.75, 3.05) is 19.7 Å². The molecule has 0 aromatic heterocycles. The average Bonchev–Trinajstić information content (AvgIpc) is 2.82. The van der Waals surface area contributed by atoms with Crippen molar-refractivity contribution in [3.63, 3.8) is 0 Å². The molecule has 0 saturated carbocycles.